The van der Waals surface area contributed by atoms with Crippen LogP contribution in [0.2, 0.25) is 5.02 Å². The van der Waals surface area contributed by atoms with E-state index < -0.39 is 0 Å². The molecule has 0 aromatic carbocycles. The van der Waals surface area contributed by atoms with Gasteiger partial charge < -0.3 is 10.7 Å². The minimum atomic E-state index is 0.441. The van der Waals surface area contributed by atoms with E-state index in [9.17, 15) is 0 Å². The Hall–Kier alpha value is -2.14. The van der Waals surface area contributed by atoms with Gasteiger partial charge in [-0.05, 0) is 18.2 Å². The number of fused-ring (bicyclic) bond motifs is 1. The maximum atomic E-state index is 6.05. The lowest BCUT2D eigenvalue weighted by atomic mass is 10.2. The number of imidazole rings is 1. The largest absolute Gasteiger partial charge is 0.384 e. The number of pyridine rings is 2. The summed E-state index contributed by atoms with van der Waals surface area (Å²) in [7, 11) is 0. The Labute approximate surface area is 102 Å². The molecular formula is C11H8ClN5. The van der Waals surface area contributed by atoms with Crippen molar-refractivity contribution in [3.8, 4) is 11.4 Å². The number of nitrogens with zero attached hydrogens (tertiary/aromatic N) is 3. The van der Waals surface area contributed by atoms with Crippen molar-refractivity contribution in [3.63, 3.8) is 0 Å². The summed E-state index contributed by atoms with van der Waals surface area (Å²) in [6.07, 6.45) is 3.24. The van der Waals surface area contributed by atoms with Gasteiger partial charge in [-0.3, -0.25) is 4.98 Å². The summed E-state index contributed by atoms with van der Waals surface area (Å²) in [6, 6.07) is 5.35. The molecule has 0 spiro atoms. The Morgan fingerprint density at radius 1 is 1.18 bits per heavy atom. The summed E-state index contributed by atoms with van der Waals surface area (Å²) in [6.45, 7) is 0. The van der Waals surface area contributed by atoms with Gasteiger partial charge in [-0.15, -0.1) is 0 Å². The quantitative estimate of drug-likeness (QED) is 0.689. The molecule has 17 heavy (non-hydrogen) atoms. The van der Waals surface area contributed by atoms with Crippen LogP contribution in [0.4, 0.5) is 5.82 Å². The van der Waals surface area contributed by atoms with Gasteiger partial charge in [-0.2, -0.15) is 0 Å². The third kappa shape index (κ3) is 1.70. The molecule has 0 fully saturated rings. The lowest BCUT2D eigenvalue weighted by molar-refractivity contribution is 1.27. The van der Waals surface area contributed by atoms with Crippen LogP contribution >= 0.6 is 11.6 Å². The Morgan fingerprint density at radius 3 is 2.88 bits per heavy atom. The molecule has 3 N–H and O–H groups in total. The summed E-state index contributed by atoms with van der Waals surface area (Å²) in [5.41, 5.74) is 7.79. The van der Waals surface area contributed by atoms with Gasteiger partial charge in [-0.25, -0.2) is 9.97 Å². The molecule has 3 aromatic rings. The number of nitrogen functional groups attached to an aromatic ring is 1. The first-order chi connectivity index (χ1) is 8.24. The van der Waals surface area contributed by atoms with E-state index in [1.54, 1.807) is 24.5 Å². The highest BCUT2D eigenvalue weighted by Crippen LogP contribution is 2.25. The lowest BCUT2D eigenvalue weighted by Crippen LogP contribution is -1.88. The van der Waals surface area contributed by atoms with Crippen LogP contribution in [0.5, 0.6) is 0 Å². The second-order valence-corrected chi connectivity index (χ2v) is 3.96. The number of halogens is 1. The first-order valence-electron chi connectivity index (χ1n) is 4.96. The number of hydrogen-bond donors (Lipinski definition) is 2. The monoisotopic (exact) mass is 245 g/mol. The van der Waals surface area contributed by atoms with Gasteiger partial charge in [0, 0.05) is 18.0 Å². The number of H-pyrrole nitrogens is 1. The number of anilines is 1. The van der Waals surface area contributed by atoms with Crippen LogP contribution in [-0.2, 0) is 0 Å². The Bertz CT molecular complexity index is 691. The number of aromatic amines is 1. The molecular weight excluding hydrogens is 238 g/mol. The number of aromatic nitrogens is 4. The van der Waals surface area contributed by atoms with E-state index in [0.717, 1.165) is 11.1 Å². The third-order valence-electron chi connectivity index (χ3n) is 2.40. The van der Waals surface area contributed by atoms with Crippen molar-refractivity contribution in [2.75, 3.05) is 5.73 Å². The summed E-state index contributed by atoms with van der Waals surface area (Å²) >= 11 is 6.05. The number of nitrogens with one attached hydrogen (secondary N) is 1. The molecule has 3 heterocycles. The van der Waals surface area contributed by atoms with Crippen molar-refractivity contribution >= 4 is 28.6 Å². The van der Waals surface area contributed by atoms with Gasteiger partial charge in [0.1, 0.15) is 11.6 Å². The highest BCUT2D eigenvalue weighted by Gasteiger charge is 2.09. The molecule has 0 aliphatic heterocycles. The van der Waals surface area contributed by atoms with Gasteiger partial charge in [0.2, 0.25) is 0 Å². The van der Waals surface area contributed by atoms with E-state index in [2.05, 4.69) is 19.9 Å². The molecule has 3 rings (SSSR count). The average Bonchev–Trinajstić information content (AvgIpc) is 2.72. The molecule has 0 amide bonds. The zero-order valence-corrected chi connectivity index (χ0v) is 9.44. The Balaban J connectivity index is 2.22. The van der Waals surface area contributed by atoms with Crippen LogP contribution in [-0.4, -0.2) is 19.9 Å². The molecule has 0 atom stereocenters. The Kier molecular flexibility index (Phi) is 2.19. The summed E-state index contributed by atoms with van der Waals surface area (Å²) in [5.74, 6) is 1.10. The van der Waals surface area contributed by atoms with Gasteiger partial charge >= 0.3 is 0 Å². The lowest BCUT2D eigenvalue weighted by Gasteiger charge is -1.97. The van der Waals surface area contributed by atoms with Crippen LogP contribution in [0.15, 0.2) is 30.6 Å². The minimum Gasteiger partial charge on any atom is -0.384 e. The van der Waals surface area contributed by atoms with Crippen molar-refractivity contribution in [1.29, 1.82) is 0 Å². The van der Waals surface area contributed by atoms with Crippen molar-refractivity contribution in [3.05, 3.63) is 35.6 Å². The fourth-order valence-electron chi connectivity index (χ4n) is 1.60. The van der Waals surface area contributed by atoms with Crippen molar-refractivity contribution in [2.45, 2.75) is 0 Å². The first kappa shape index (κ1) is 10.0. The zero-order valence-electron chi connectivity index (χ0n) is 8.68. The molecule has 5 nitrogen and oxygen atoms in total. The molecule has 0 bridgehead atoms. The van der Waals surface area contributed by atoms with E-state index in [1.165, 1.54) is 0 Å². The smallest absolute Gasteiger partial charge is 0.180 e. The summed E-state index contributed by atoms with van der Waals surface area (Å²) in [4.78, 5) is 15.5. The van der Waals surface area contributed by atoms with E-state index >= 15 is 0 Å². The van der Waals surface area contributed by atoms with Gasteiger partial charge in [0.25, 0.3) is 0 Å². The maximum Gasteiger partial charge on any atom is 0.180 e. The molecule has 6 heteroatoms. The zero-order chi connectivity index (χ0) is 11.8. The van der Waals surface area contributed by atoms with E-state index in [4.69, 9.17) is 17.3 Å². The van der Waals surface area contributed by atoms with Crippen LogP contribution in [0.3, 0.4) is 0 Å². The standard InChI is InChI=1S/C11H8ClN5/c12-7-5-14-4-3-6(7)10-15-8-1-2-9(13)16-11(8)17-10/h1-5H,(H3,13,15,16,17). The highest BCUT2D eigenvalue weighted by molar-refractivity contribution is 6.33. The number of rotatable bonds is 1. The van der Waals surface area contributed by atoms with Crippen molar-refractivity contribution < 1.29 is 0 Å². The van der Waals surface area contributed by atoms with Crippen molar-refractivity contribution in [1.82, 2.24) is 19.9 Å². The maximum absolute atomic E-state index is 6.05. The Morgan fingerprint density at radius 2 is 2.06 bits per heavy atom. The first-order valence-corrected chi connectivity index (χ1v) is 5.34. The predicted molar refractivity (Wildman–Crippen MR) is 66.5 cm³/mol. The van der Waals surface area contributed by atoms with E-state index in [1.807, 2.05) is 6.07 Å². The van der Waals surface area contributed by atoms with Gasteiger partial charge in [-0.1, -0.05) is 11.6 Å². The van der Waals surface area contributed by atoms with E-state index in [-0.39, 0.29) is 0 Å². The highest BCUT2D eigenvalue weighted by atomic mass is 35.5. The van der Waals surface area contributed by atoms with Gasteiger partial charge in [0.05, 0.1) is 10.5 Å². The van der Waals surface area contributed by atoms with E-state index in [0.29, 0.717) is 22.3 Å². The van der Waals surface area contributed by atoms with Crippen LogP contribution in [0, 0.1) is 0 Å². The van der Waals surface area contributed by atoms with Gasteiger partial charge in [0.15, 0.2) is 5.65 Å². The third-order valence-corrected chi connectivity index (χ3v) is 2.70. The SMILES string of the molecule is Nc1ccc2[nH]c(-c3ccncc3Cl)nc2n1. The number of nitrogens with two attached hydrogens (primary N) is 1. The molecule has 0 aliphatic carbocycles. The molecule has 0 unspecified atom stereocenters. The molecule has 0 saturated heterocycles. The molecule has 0 aliphatic rings. The molecule has 84 valence electrons. The van der Waals surface area contributed by atoms with Crippen LogP contribution in [0.25, 0.3) is 22.6 Å². The summed E-state index contributed by atoms with van der Waals surface area (Å²) < 4.78 is 0. The van der Waals surface area contributed by atoms with Crippen LogP contribution < -0.4 is 5.73 Å². The second kappa shape index (κ2) is 3.71. The molecule has 3 aromatic heterocycles. The second-order valence-electron chi connectivity index (χ2n) is 3.55. The summed E-state index contributed by atoms with van der Waals surface area (Å²) in [5, 5.41) is 0.541. The number of hydrogen-bond acceptors (Lipinski definition) is 4. The fourth-order valence-corrected chi connectivity index (χ4v) is 1.81. The molecule has 0 radical (unpaired) electrons. The normalized spacial score (nSPS) is 10.9. The predicted octanol–water partition coefficient (Wildman–Crippen LogP) is 2.26. The van der Waals surface area contributed by atoms with Crippen molar-refractivity contribution in [2.24, 2.45) is 0 Å². The van der Waals surface area contributed by atoms with Crippen LogP contribution in [0.1, 0.15) is 0 Å². The fraction of sp³-hybridized carbons (Fsp3) is 0. The molecule has 0 saturated carbocycles. The minimum absolute atomic E-state index is 0.441. The average molecular weight is 246 g/mol. The topological polar surface area (TPSA) is 80.5 Å².